The summed E-state index contributed by atoms with van der Waals surface area (Å²) in [6, 6.07) is 0. The van der Waals surface area contributed by atoms with Gasteiger partial charge in [-0.1, -0.05) is 0 Å². The van der Waals surface area contributed by atoms with Crippen LogP contribution in [0.1, 0.15) is 23.3 Å². The molecule has 7 heteroatoms. The Bertz CT molecular complexity index is 315. The normalized spacial score (nSPS) is 18.7. The molecule has 2 heterocycles. The number of hydrogen-bond donors (Lipinski definition) is 2. The first kappa shape index (κ1) is 16.6. The molecule has 1 amide bonds. The molecule has 0 radical (unpaired) electrons. The molecule has 1 atom stereocenters. The fraction of sp³-hybridized carbons (Fsp3) is 0.600. The molecule has 1 unspecified atom stereocenters. The molecule has 4 nitrogen and oxygen atoms in total. The number of aromatic nitrogens is 1. The van der Waals surface area contributed by atoms with E-state index in [2.05, 4.69) is 15.6 Å². The number of thiazole rings is 1. The Kier molecular flexibility index (Phi) is 8.51. The second-order valence-corrected chi connectivity index (χ2v) is 4.51. The lowest BCUT2D eigenvalue weighted by Gasteiger charge is -2.22. The zero-order chi connectivity index (χ0) is 10.5. The minimum absolute atomic E-state index is 0. The number of halogens is 2. The third kappa shape index (κ3) is 5.21. The number of hydrogen-bond acceptors (Lipinski definition) is 4. The van der Waals surface area contributed by atoms with Gasteiger partial charge in [-0.05, 0) is 31.8 Å². The van der Waals surface area contributed by atoms with Gasteiger partial charge in [0.05, 0.1) is 5.51 Å². The molecule has 0 bridgehead atoms. The lowest BCUT2D eigenvalue weighted by molar-refractivity contribution is 0.0940. The first-order valence-corrected chi connectivity index (χ1v) is 6.17. The summed E-state index contributed by atoms with van der Waals surface area (Å²) < 4.78 is 0. The molecule has 1 saturated heterocycles. The summed E-state index contributed by atoms with van der Waals surface area (Å²) in [7, 11) is 0. The van der Waals surface area contributed by atoms with Crippen molar-refractivity contribution in [3.05, 3.63) is 16.6 Å². The standard InChI is InChI=1S/C10H15N3OS.2ClH/c14-10(9-6-15-7-13-9)12-5-8-2-1-3-11-4-8;;/h6-8,11H,1-5H2,(H,12,14);2*1H. The average molecular weight is 298 g/mol. The Balaban J connectivity index is 0.00000128. The van der Waals surface area contributed by atoms with E-state index in [0.717, 1.165) is 19.6 Å². The molecule has 1 aliphatic heterocycles. The van der Waals surface area contributed by atoms with Crippen molar-refractivity contribution in [3.8, 4) is 0 Å². The van der Waals surface area contributed by atoms with E-state index in [9.17, 15) is 4.79 Å². The molecule has 2 N–H and O–H groups in total. The number of amides is 1. The van der Waals surface area contributed by atoms with Crippen LogP contribution in [0.3, 0.4) is 0 Å². The molecular formula is C10H17Cl2N3OS. The Morgan fingerprint density at radius 1 is 1.59 bits per heavy atom. The van der Waals surface area contributed by atoms with Gasteiger partial charge >= 0.3 is 0 Å². The van der Waals surface area contributed by atoms with Gasteiger partial charge in [0.15, 0.2) is 0 Å². The van der Waals surface area contributed by atoms with Crippen molar-refractivity contribution >= 4 is 42.1 Å². The van der Waals surface area contributed by atoms with E-state index >= 15 is 0 Å². The second-order valence-electron chi connectivity index (χ2n) is 3.80. The molecule has 98 valence electrons. The van der Waals surface area contributed by atoms with Crippen molar-refractivity contribution in [2.24, 2.45) is 5.92 Å². The van der Waals surface area contributed by atoms with E-state index in [1.54, 1.807) is 10.9 Å². The van der Waals surface area contributed by atoms with Crippen molar-refractivity contribution in [3.63, 3.8) is 0 Å². The predicted octanol–water partition coefficient (Wildman–Crippen LogP) is 1.72. The number of carbonyl (C=O) groups excluding carboxylic acids is 1. The average Bonchev–Trinajstić information content (AvgIpc) is 2.81. The van der Waals surface area contributed by atoms with Gasteiger partial charge < -0.3 is 10.6 Å². The van der Waals surface area contributed by atoms with Gasteiger partial charge in [-0.3, -0.25) is 4.79 Å². The van der Waals surface area contributed by atoms with E-state index in [4.69, 9.17) is 0 Å². The number of rotatable bonds is 3. The van der Waals surface area contributed by atoms with Crippen LogP contribution in [0.5, 0.6) is 0 Å². The van der Waals surface area contributed by atoms with E-state index in [-0.39, 0.29) is 30.7 Å². The predicted molar refractivity (Wildman–Crippen MR) is 74.5 cm³/mol. The molecule has 1 fully saturated rings. The highest BCUT2D eigenvalue weighted by atomic mass is 35.5. The van der Waals surface area contributed by atoms with Crippen molar-refractivity contribution in [2.45, 2.75) is 12.8 Å². The minimum Gasteiger partial charge on any atom is -0.350 e. The molecule has 0 aromatic carbocycles. The van der Waals surface area contributed by atoms with Gasteiger partial charge in [0.2, 0.25) is 0 Å². The van der Waals surface area contributed by atoms with Gasteiger partial charge in [-0.15, -0.1) is 36.2 Å². The van der Waals surface area contributed by atoms with Crippen LogP contribution in [-0.4, -0.2) is 30.5 Å². The van der Waals surface area contributed by atoms with E-state index in [1.807, 2.05) is 0 Å². The molecule has 2 rings (SSSR count). The number of nitrogens with one attached hydrogen (secondary N) is 2. The summed E-state index contributed by atoms with van der Waals surface area (Å²) in [4.78, 5) is 15.5. The minimum atomic E-state index is -0.0539. The smallest absolute Gasteiger partial charge is 0.270 e. The van der Waals surface area contributed by atoms with Crippen molar-refractivity contribution in [1.82, 2.24) is 15.6 Å². The zero-order valence-electron chi connectivity index (χ0n) is 9.35. The Labute approximate surface area is 117 Å². The maximum atomic E-state index is 11.6. The lowest BCUT2D eigenvalue weighted by atomic mass is 10.00. The fourth-order valence-corrected chi connectivity index (χ4v) is 2.28. The molecule has 0 saturated carbocycles. The maximum absolute atomic E-state index is 11.6. The Morgan fingerprint density at radius 3 is 3.00 bits per heavy atom. The third-order valence-corrected chi connectivity index (χ3v) is 3.20. The first-order chi connectivity index (χ1) is 7.36. The molecule has 1 aromatic rings. The van der Waals surface area contributed by atoms with Crippen LogP contribution in [0.2, 0.25) is 0 Å². The molecule has 1 aromatic heterocycles. The topological polar surface area (TPSA) is 54.0 Å². The van der Waals surface area contributed by atoms with Crippen LogP contribution >= 0.6 is 36.2 Å². The first-order valence-electron chi connectivity index (χ1n) is 5.23. The summed E-state index contributed by atoms with van der Waals surface area (Å²) in [6.45, 7) is 2.87. The van der Waals surface area contributed by atoms with Crippen LogP contribution in [0.4, 0.5) is 0 Å². The Morgan fingerprint density at radius 2 is 2.41 bits per heavy atom. The van der Waals surface area contributed by atoms with Gasteiger partial charge in [0.1, 0.15) is 5.69 Å². The molecular weight excluding hydrogens is 281 g/mol. The van der Waals surface area contributed by atoms with Crippen LogP contribution < -0.4 is 10.6 Å². The summed E-state index contributed by atoms with van der Waals surface area (Å²) in [5.41, 5.74) is 2.21. The maximum Gasteiger partial charge on any atom is 0.270 e. The van der Waals surface area contributed by atoms with Crippen molar-refractivity contribution < 1.29 is 4.79 Å². The molecule has 0 aliphatic carbocycles. The summed E-state index contributed by atoms with van der Waals surface area (Å²) in [6.07, 6.45) is 2.40. The molecule has 1 aliphatic rings. The summed E-state index contributed by atoms with van der Waals surface area (Å²) in [5, 5.41) is 8.02. The van der Waals surface area contributed by atoms with E-state index in [0.29, 0.717) is 11.6 Å². The quantitative estimate of drug-likeness (QED) is 0.893. The van der Waals surface area contributed by atoms with Gasteiger partial charge in [-0.2, -0.15) is 0 Å². The van der Waals surface area contributed by atoms with E-state index < -0.39 is 0 Å². The zero-order valence-corrected chi connectivity index (χ0v) is 11.8. The second kappa shape index (κ2) is 8.69. The Hall–Kier alpha value is -0.360. The highest BCUT2D eigenvalue weighted by molar-refractivity contribution is 7.07. The summed E-state index contributed by atoms with van der Waals surface area (Å²) in [5.74, 6) is 0.517. The van der Waals surface area contributed by atoms with Crippen molar-refractivity contribution in [1.29, 1.82) is 0 Å². The third-order valence-electron chi connectivity index (χ3n) is 2.62. The molecule has 0 spiro atoms. The van der Waals surface area contributed by atoms with E-state index in [1.165, 1.54) is 24.2 Å². The van der Waals surface area contributed by atoms with Gasteiger partial charge in [-0.25, -0.2) is 4.98 Å². The lowest BCUT2D eigenvalue weighted by Crippen LogP contribution is -2.38. The van der Waals surface area contributed by atoms with Gasteiger partial charge in [0, 0.05) is 11.9 Å². The van der Waals surface area contributed by atoms with Crippen LogP contribution in [0.25, 0.3) is 0 Å². The SMILES string of the molecule is Cl.Cl.O=C(NCC1CCCNC1)c1cscn1. The summed E-state index contributed by atoms with van der Waals surface area (Å²) >= 11 is 1.45. The number of nitrogens with zero attached hydrogens (tertiary/aromatic N) is 1. The van der Waals surface area contributed by atoms with Crippen LogP contribution in [0, 0.1) is 5.92 Å². The highest BCUT2D eigenvalue weighted by Gasteiger charge is 2.14. The fourth-order valence-electron chi connectivity index (χ4n) is 1.75. The number of carbonyl (C=O) groups is 1. The van der Waals surface area contributed by atoms with Gasteiger partial charge in [0.25, 0.3) is 5.91 Å². The molecule has 17 heavy (non-hydrogen) atoms. The number of piperidine rings is 1. The van der Waals surface area contributed by atoms with Crippen LogP contribution in [0.15, 0.2) is 10.9 Å². The van der Waals surface area contributed by atoms with Crippen LogP contribution in [-0.2, 0) is 0 Å². The monoisotopic (exact) mass is 297 g/mol. The van der Waals surface area contributed by atoms with Crippen molar-refractivity contribution in [2.75, 3.05) is 19.6 Å². The largest absolute Gasteiger partial charge is 0.350 e. The highest BCUT2D eigenvalue weighted by Crippen LogP contribution is 2.08.